The molecule has 90 heavy (non-hydrogen) atoms. The van der Waals surface area contributed by atoms with E-state index >= 15 is 0 Å². The summed E-state index contributed by atoms with van der Waals surface area (Å²) in [5.74, 6) is 0.854. The maximum Gasteiger partial charge on any atom is 0.472 e. The van der Waals surface area contributed by atoms with E-state index in [1.165, 1.54) is 148 Å². The third-order valence-electron chi connectivity index (χ3n) is 16.7. The molecule has 0 saturated heterocycles. The van der Waals surface area contributed by atoms with Crippen LogP contribution in [0.1, 0.15) is 351 Å². The van der Waals surface area contributed by atoms with Crippen LogP contribution in [-0.2, 0) is 65.4 Å². The zero-order valence-corrected chi connectivity index (χ0v) is 60.6. The van der Waals surface area contributed by atoms with Crippen molar-refractivity contribution in [2.75, 3.05) is 39.6 Å². The third kappa shape index (κ3) is 63.5. The number of carbonyl (C=O) groups is 4. The Labute approximate surface area is 549 Å². The molecule has 17 nitrogen and oxygen atoms in total. The van der Waals surface area contributed by atoms with E-state index in [0.717, 1.165) is 114 Å². The highest BCUT2D eigenvalue weighted by atomic mass is 31.2. The Morgan fingerprint density at radius 2 is 0.533 bits per heavy atom. The highest BCUT2D eigenvalue weighted by molar-refractivity contribution is 7.47. The number of unbranched alkanes of at least 4 members (excludes halogenated alkanes) is 33. The molecule has 0 aliphatic rings. The Bertz CT molecular complexity index is 1780. The number of hydrogen-bond acceptors (Lipinski definition) is 15. The summed E-state index contributed by atoms with van der Waals surface area (Å²) >= 11 is 0. The lowest BCUT2D eigenvalue weighted by atomic mass is 10.00. The summed E-state index contributed by atoms with van der Waals surface area (Å²) in [6.45, 7) is 14.1. The summed E-state index contributed by atoms with van der Waals surface area (Å²) in [5, 5.41) is 10.6. The standard InChI is InChI=1S/C71H138O17P2/c1-9-64(8)50-42-34-29-30-36-44-52-69(74)82-58-67(88-71(76)54-46-38-28-22-25-33-41-49-63(6)7)60-86-90(79,80)84-56-65(72)55-83-89(77,78)85-59-66(57-81-68(73)51-43-35-26-20-17-13-15-19-24-32-40-48-62(4)5)87-70(75)53-45-37-27-21-16-12-10-11-14-18-23-31-39-47-61(2)3/h61-67,72H,9-60H2,1-8H3,(H,77,78)(H,79,80)/t64?,65-,66-,67-/m1/s1. The molecule has 3 unspecified atom stereocenters. The minimum atomic E-state index is -4.95. The van der Waals surface area contributed by atoms with E-state index in [1.807, 2.05) is 0 Å². The van der Waals surface area contributed by atoms with Crippen molar-refractivity contribution in [3.8, 4) is 0 Å². The molecule has 0 saturated carbocycles. The zero-order chi connectivity index (χ0) is 66.8. The molecule has 0 aromatic carbocycles. The van der Waals surface area contributed by atoms with Crippen LogP contribution in [0.15, 0.2) is 0 Å². The molecule has 3 N–H and O–H groups in total. The normalized spacial score (nSPS) is 14.6. The molecule has 19 heteroatoms. The van der Waals surface area contributed by atoms with E-state index < -0.39 is 97.5 Å². The minimum absolute atomic E-state index is 0.102. The first-order valence-electron chi connectivity index (χ1n) is 36.7. The lowest BCUT2D eigenvalue weighted by Crippen LogP contribution is -2.30. The molecule has 0 aromatic heterocycles. The Hall–Kier alpha value is -1.94. The van der Waals surface area contributed by atoms with Gasteiger partial charge in [0.25, 0.3) is 0 Å². The van der Waals surface area contributed by atoms with Crippen molar-refractivity contribution in [2.45, 2.75) is 369 Å². The average molecular weight is 1330 g/mol. The summed E-state index contributed by atoms with van der Waals surface area (Å²) in [4.78, 5) is 72.6. The number of esters is 4. The van der Waals surface area contributed by atoms with Gasteiger partial charge in [-0.05, 0) is 49.4 Å². The number of rotatable bonds is 68. The first-order valence-corrected chi connectivity index (χ1v) is 39.7. The van der Waals surface area contributed by atoms with Crippen LogP contribution in [0.2, 0.25) is 0 Å². The number of aliphatic hydroxyl groups is 1. The second kappa shape index (κ2) is 60.7. The van der Waals surface area contributed by atoms with Gasteiger partial charge in [0.2, 0.25) is 0 Å². The first-order chi connectivity index (χ1) is 43.1. The second-order valence-corrected chi connectivity index (χ2v) is 30.2. The molecule has 0 aliphatic carbocycles. The molecular weight excluding hydrogens is 1190 g/mol. The van der Waals surface area contributed by atoms with Gasteiger partial charge in [0, 0.05) is 25.7 Å². The van der Waals surface area contributed by atoms with Crippen LogP contribution >= 0.6 is 15.6 Å². The van der Waals surface area contributed by atoms with Gasteiger partial charge < -0.3 is 33.8 Å². The van der Waals surface area contributed by atoms with Crippen LogP contribution in [0.5, 0.6) is 0 Å². The van der Waals surface area contributed by atoms with Crippen molar-refractivity contribution < 1.29 is 80.2 Å². The van der Waals surface area contributed by atoms with Crippen molar-refractivity contribution in [2.24, 2.45) is 23.7 Å². The van der Waals surface area contributed by atoms with Crippen molar-refractivity contribution in [3.63, 3.8) is 0 Å². The van der Waals surface area contributed by atoms with Gasteiger partial charge in [-0.3, -0.25) is 37.3 Å². The van der Waals surface area contributed by atoms with Gasteiger partial charge >= 0.3 is 39.5 Å². The van der Waals surface area contributed by atoms with Gasteiger partial charge in [-0.1, -0.05) is 299 Å². The van der Waals surface area contributed by atoms with Gasteiger partial charge in [0.1, 0.15) is 19.3 Å². The maximum absolute atomic E-state index is 13.0. The van der Waals surface area contributed by atoms with Crippen LogP contribution in [0.25, 0.3) is 0 Å². The Morgan fingerprint density at radius 3 is 0.789 bits per heavy atom. The fraction of sp³-hybridized carbons (Fsp3) is 0.944. The molecule has 6 atom stereocenters. The predicted octanol–water partition coefficient (Wildman–Crippen LogP) is 20.1. The number of carbonyl (C=O) groups excluding carboxylic acids is 4. The van der Waals surface area contributed by atoms with Gasteiger partial charge in [-0.25, -0.2) is 9.13 Å². The van der Waals surface area contributed by atoms with E-state index in [2.05, 4.69) is 55.4 Å². The van der Waals surface area contributed by atoms with E-state index in [0.29, 0.717) is 31.6 Å². The number of hydrogen-bond donors (Lipinski definition) is 3. The Balaban J connectivity index is 5.25. The van der Waals surface area contributed by atoms with Crippen LogP contribution in [-0.4, -0.2) is 96.7 Å². The Morgan fingerprint density at radius 1 is 0.311 bits per heavy atom. The topological polar surface area (TPSA) is 237 Å². The van der Waals surface area contributed by atoms with Crippen molar-refractivity contribution in [1.82, 2.24) is 0 Å². The number of ether oxygens (including phenoxy) is 4. The summed E-state index contributed by atoms with van der Waals surface area (Å²) in [6.07, 6.45) is 43.2. The van der Waals surface area contributed by atoms with E-state index in [1.54, 1.807) is 0 Å². The lowest BCUT2D eigenvalue weighted by Gasteiger charge is -2.21. The molecule has 0 radical (unpaired) electrons. The van der Waals surface area contributed by atoms with E-state index in [9.17, 15) is 43.2 Å². The summed E-state index contributed by atoms with van der Waals surface area (Å²) < 4.78 is 68.3. The Kier molecular flexibility index (Phi) is 59.4. The first kappa shape index (κ1) is 88.1. The van der Waals surface area contributed by atoms with Crippen molar-refractivity contribution >= 4 is 39.5 Å². The fourth-order valence-corrected chi connectivity index (χ4v) is 12.2. The van der Waals surface area contributed by atoms with E-state index in [4.69, 9.17) is 37.0 Å². The second-order valence-electron chi connectivity index (χ2n) is 27.3. The molecule has 0 aliphatic heterocycles. The largest absolute Gasteiger partial charge is 0.472 e. The molecule has 0 fully saturated rings. The average Bonchev–Trinajstić information content (AvgIpc) is 2.82. The summed E-state index contributed by atoms with van der Waals surface area (Å²) in [7, 11) is -9.90. The predicted molar refractivity (Wildman–Crippen MR) is 363 cm³/mol. The van der Waals surface area contributed by atoms with Crippen molar-refractivity contribution in [3.05, 3.63) is 0 Å². The molecule has 0 bridgehead atoms. The number of phosphoric ester groups is 2. The molecule has 0 amide bonds. The molecule has 534 valence electrons. The van der Waals surface area contributed by atoms with Gasteiger partial charge in [-0.15, -0.1) is 0 Å². The van der Waals surface area contributed by atoms with Gasteiger partial charge in [0.15, 0.2) is 12.2 Å². The fourth-order valence-electron chi connectivity index (χ4n) is 10.6. The minimum Gasteiger partial charge on any atom is -0.462 e. The van der Waals surface area contributed by atoms with Crippen LogP contribution in [0, 0.1) is 23.7 Å². The third-order valence-corrected chi connectivity index (χ3v) is 18.6. The number of phosphoric acid groups is 2. The summed E-state index contributed by atoms with van der Waals surface area (Å²) in [5.41, 5.74) is 0. The summed E-state index contributed by atoms with van der Waals surface area (Å²) in [6, 6.07) is 0. The van der Waals surface area contributed by atoms with Crippen LogP contribution in [0.3, 0.4) is 0 Å². The van der Waals surface area contributed by atoms with Crippen LogP contribution in [0.4, 0.5) is 0 Å². The van der Waals surface area contributed by atoms with Gasteiger partial charge in [0.05, 0.1) is 26.4 Å². The molecule has 0 heterocycles. The molecular formula is C71H138O17P2. The quantitative estimate of drug-likeness (QED) is 0.0222. The molecule has 0 aromatic rings. The highest BCUT2D eigenvalue weighted by Crippen LogP contribution is 2.45. The maximum atomic E-state index is 13.0. The van der Waals surface area contributed by atoms with Crippen molar-refractivity contribution in [1.29, 1.82) is 0 Å². The van der Waals surface area contributed by atoms with Gasteiger partial charge in [-0.2, -0.15) is 0 Å². The SMILES string of the molecule is CCC(C)CCCCCCCCC(=O)OC[C@H](COP(=O)(O)OC[C@H](O)COP(=O)(O)OC[C@@H](COC(=O)CCCCCCCCCCCCCC(C)C)OC(=O)CCCCCCCCCCCCCCCC(C)C)OC(=O)CCCCCCCCCC(C)C. The molecule has 0 spiro atoms. The van der Waals surface area contributed by atoms with Crippen LogP contribution < -0.4 is 0 Å². The number of aliphatic hydroxyl groups excluding tert-OH is 1. The van der Waals surface area contributed by atoms with E-state index in [-0.39, 0.29) is 25.7 Å². The highest BCUT2D eigenvalue weighted by Gasteiger charge is 2.30. The zero-order valence-electron chi connectivity index (χ0n) is 58.8. The lowest BCUT2D eigenvalue weighted by molar-refractivity contribution is -0.161. The smallest absolute Gasteiger partial charge is 0.462 e. The molecule has 0 rings (SSSR count). The monoisotopic (exact) mass is 1320 g/mol.